The minimum Gasteiger partial charge on any atom is -0.0694 e. The number of rotatable bonds is 12. The summed E-state index contributed by atoms with van der Waals surface area (Å²) in [6.45, 7) is 9.76. The van der Waals surface area contributed by atoms with Crippen LogP contribution in [0, 0.1) is 0 Å². The second kappa shape index (κ2) is 11.3. The zero-order valence-corrected chi connectivity index (χ0v) is 14.0. The van der Waals surface area contributed by atoms with E-state index in [1.165, 1.54) is 70.3 Å². The monoisotopic (exact) mass is 256 g/mol. The highest BCUT2D eigenvalue weighted by molar-refractivity contribution is 6.77. The fraction of sp³-hybridized carbons (Fsp3) is 1.00. The molecule has 0 heterocycles. The van der Waals surface area contributed by atoms with E-state index in [1.807, 2.05) is 0 Å². The van der Waals surface area contributed by atoms with Crippen molar-refractivity contribution in [3.63, 3.8) is 0 Å². The van der Waals surface area contributed by atoms with Gasteiger partial charge < -0.3 is 0 Å². The second-order valence-corrected chi connectivity index (χ2v) is 12.0. The molecule has 0 atom stereocenters. The summed E-state index contributed by atoms with van der Waals surface area (Å²) < 4.78 is 0. The van der Waals surface area contributed by atoms with Crippen LogP contribution >= 0.6 is 0 Å². The molecule has 0 fully saturated rings. The fourth-order valence-corrected chi connectivity index (χ4v) is 3.83. The maximum atomic E-state index is 2.54. The highest BCUT2D eigenvalue weighted by atomic mass is 28.3. The molecule has 0 N–H and O–H groups in total. The van der Waals surface area contributed by atoms with Gasteiger partial charge in [0, 0.05) is 8.07 Å². The molecule has 0 aromatic carbocycles. The summed E-state index contributed by atoms with van der Waals surface area (Å²) in [6.07, 6.45) is 14.7. The first-order chi connectivity index (χ1) is 8.12. The van der Waals surface area contributed by atoms with E-state index in [1.54, 1.807) is 6.04 Å². The summed E-state index contributed by atoms with van der Waals surface area (Å²) in [4.78, 5) is 0. The molecule has 1 heteroatoms. The Morgan fingerprint density at radius 3 is 1.41 bits per heavy atom. The first kappa shape index (κ1) is 17.2. The largest absolute Gasteiger partial charge is 0.0694 e. The fourth-order valence-electron chi connectivity index (χ4n) is 2.27. The van der Waals surface area contributed by atoms with E-state index in [0.29, 0.717) is 0 Å². The second-order valence-electron chi connectivity index (χ2n) is 6.45. The van der Waals surface area contributed by atoms with Crippen LogP contribution in [-0.2, 0) is 0 Å². The van der Waals surface area contributed by atoms with Crippen molar-refractivity contribution < 1.29 is 0 Å². The lowest BCUT2D eigenvalue weighted by molar-refractivity contribution is 0.561. The van der Waals surface area contributed by atoms with Crippen LogP contribution in [-0.4, -0.2) is 8.07 Å². The number of hydrogen-bond donors (Lipinski definition) is 0. The molecule has 0 nitrogen and oxygen atoms in total. The van der Waals surface area contributed by atoms with E-state index in [9.17, 15) is 0 Å². The van der Waals surface area contributed by atoms with Gasteiger partial charge in [-0.25, -0.2) is 0 Å². The van der Waals surface area contributed by atoms with Gasteiger partial charge >= 0.3 is 0 Å². The Morgan fingerprint density at radius 1 is 0.588 bits per heavy atom. The summed E-state index contributed by atoms with van der Waals surface area (Å²) in [5.74, 6) is 0. The lowest BCUT2D eigenvalue weighted by Gasteiger charge is -2.19. The minimum absolute atomic E-state index is 0.768. The third-order valence-corrected chi connectivity index (χ3v) is 7.79. The zero-order valence-electron chi connectivity index (χ0n) is 13.0. The SMILES string of the molecule is CCCCCCCCCCCC[Si](C)(C)CC. The number of hydrogen-bond acceptors (Lipinski definition) is 0. The molecule has 0 amide bonds. The van der Waals surface area contributed by atoms with Crippen molar-refractivity contribution >= 4 is 8.07 Å². The highest BCUT2D eigenvalue weighted by Gasteiger charge is 2.16. The van der Waals surface area contributed by atoms with E-state index >= 15 is 0 Å². The van der Waals surface area contributed by atoms with Crippen molar-refractivity contribution in [2.45, 2.75) is 103 Å². The number of unbranched alkanes of at least 4 members (excludes halogenated alkanes) is 9. The Labute approximate surface area is 112 Å². The molecule has 17 heavy (non-hydrogen) atoms. The van der Waals surface area contributed by atoms with Crippen molar-refractivity contribution in [3.8, 4) is 0 Å². The Kier molecular flexibility index (Phi) is 11.5. The van der Waals surface area contributed by atoms with Crippen LogP contribution in [0.15, 0.2) is 0 Å². The van der Waals surface area contributed by atoms with Crippen molar-refractivity contribution in [2.24, 2.45) is 0 Å². The van der Waals surface area contributed by atoms with Crippen LogP contribution < -0.4 is 0 Å². The molecule has 104 valence electrons. The average molecular weight is 257 g/mol. The van der Waals surface area contributed by atoms with E-state index in [0.717, 1.165) is 0 Å². The van der Waals surface area contributed by atoms with E-state index < -0.39 is 8.07 Å². The van der Waals surface area contributed by atoms with Gasteiger partial charge in [-0.1, -0.05) is 103 Å². The maximum Gasteiger partial charge on any atom is 0.0471 e. The molecule has 0 aliphatic heterocycles. The summed E-state index contributed by atoms with van der Waals surface area (Å²) in [6, 6.07) is 3.02. The molecule has 0 rings (SSSR count). The van der Waals surface area contributed by atoms with Gasteiger partial charge in [0.2, 0.25) is 0 Å². The van der Waals surface area contributed by atoms with Crippen LogP contribution in [0.5, 0.6) is 0 Å². The molecule has 0 saturated carbocycles. The topological polar surface area (TPSA) is 0 Å². The lowest BCUT2D eigenvalue weighted by atomic mass is 10.1. The first-order valence-corrected chi connectivity index (χ1v) is 11.5. The molecule has 0 unspecified atom stereocenters. The van der Waals surface area contributed by atoms with E-state index in [2.05, 4.69) is 26.9 Å². The molecule has 0 aliphatic carbocycles. The molecular weight excluding hydrogens is 220 g/mol. The van der Waals surface area contributed by atoms with Gasteiger partial charge in [-0.05, 0) is 0 Å². The van der Waals surface area contributed by atoms with Crippen LogP contribution in [0.1, 0.15) is 78.1 Å². The molecule has 0 aliphatic rings. The summed E-state index contributed by atoms with van der Waals surface area (Å²) in [7, 11) is -0.768. The Hall–Kier alpha value is 0.217. The van der Waals surface area contributed by atoms with Gasteiger partial charge in [-0.2, -0.15) is 0 Å². The van der Waals surface area contributed by atoms with Crippen LogP contribution in [0.2, 0.25) is 25.2 Å². The molecule has 0 saturated heterocycles. The molecule has 0 aromatic heterocycles. The predicted octanol–water partition coefficient (Wildman–Crippen LogP) is 6.64. The van der Waals surface area contributed by atoms with Gasteiger partial charge in [0.25, 0.3) is 0 Å². The van der Waals surface area contributed by atoms with Crippen molar-refractivity contribution in [1.29, 1.82) is 0 Å². The Morgan fingerprint density at radius 2 is 1.00 bits per heavy atom. The minimum atomic E-state index is -0.768. The molecular formula is C16H36Si. The smallest absolute Gasteiger partial charge is 0.0471 e. The van der Waals surface area contributed by atoms with Crippen molar-refractivity contribution in [3.05, 3.63) is 0 Å². The normalized spacial score (nSPS) is 12.0. The van der Waals surface area contributed by atoms with Crippen LogP contribution in [0.3, 0.4) is 0 Å². The van der Waals surface area contributed by atoms with E-state index in [4.69, 9.17) is 0 Å². The molecule has 0 radical (unpaired) electrons. The van der Waals surface area contributed by atoms with Crippen LogP contribution in [0.4, 0.5) is 0 Å². The average Bonchev–Trinajstić information content (AvgIpc) is 2.31. The highest BCUT2D eigenvalue weighted by Crippen LogP contribution is 2.19. The zero-order chi connectivity index (χ0) is 13.0. The quantitative estimate of drug-likeness (QED) is 0.271. The third-order valence-electron chi connectivity index (χ3n) is 4.16. The lowest BCUT2D eigenvalue weighted by Crippen LogP contribution is -2.22. The maximum absolute atomic E-state index is 2.54. The van der Waals surface area contributed by atoms with Gasteiger partial charge in [0.15, 0.2) is 0 Å². The Bertz CT molecular complexity index is 152. The van der Waals surface area contributed by atoms with E-state index in [-0.39, 0.29) is 0 Å². The van der Waals surface area contributed by atoms with Gasteiger partial charge in [-0.3, -0.25) is 0 Å². The van der Waals surface area contributed by atoms with Crippen molar-refractivity contribution in [2.75, 3.05) is 0 Å². The predicted molar refractivity (Wildman–Crippen MR) is 84.6 cm³/mol. The summed E-state index contributed by atoms with van der Waals surface area (Å²) in [5.41, 5.74) is 0. The molecule has 0 bridgehead atoms. The summed E-state index contributed by atoms with van der Waals surface area (Å²) >= 11 is 0. The third kappa shape index (κ3) is 12.5. The standard InChI is InChI=1S/C16H36Si/c1-5-7-8-9-10-11-12-13-14-15-16-17(3,4)6-2/h5-16H2,1-4H3. The van der Waals surface area contributed by atoms with Gasteiger partial charge in [0.1, 0.15) is 0 Å². The molecule has 0 aromatic rings. The molecule has 0 spiro atoms. The summed E-state index contributed by atoms with van der Waals surface area (Å²) in [5, 5.41) is 0. The van der Waals surface area contributed by atoms with Gasteiger partial charge in [0.05, 0.1) is 0 Å². The van der Waals surface area contributed by atoms with Crippen LogP contribution in [0.25, 0.3) is 0 Å². The van der Waals surface area contributed by atoms with Crippen molar-refractivity contribution in [1.82, 2.24) is 0 Å². The van der Waals surface area contributed by atoms with Gasteiger partial charge in [-0.15, -0.1) is 0 Å². The Balaban J connectivity index is 3.09. The first-order valence-electron chi connectivity index (χ1n) is 8.12.